The van der Waals surface area contributed by atoms with Crippen molar-refractivity contribution in [1.29, 1.82) is 5.41 Å². The summed E-state index contributed by atoms with van der Waals surface area (Å²) in [4.78, 5) is 2.28. The molecule has 2 fully saturated rings. The van der Waals surface area contributed by atoms with Crippen molar-refractivity contribution in [1.82, 2.24) is 4.90 Å². The lowest BCUT2D eigenvalue weighted by Gasteiger charge is -2.19. The lowest BCUT2D eigenvalue weighted by molar-refractivity contribution is 0.123. The molecule has 3 rings (SSSR count). The van der Waals surface area contributed by atoms with Crippen molar-refractivity contribution in [3.63, 3.8) is 0 Å². The Morgan fingerprint density at radius 2 is 2.20 bits per heavy atom. The summed E-state index contributed by atoms with van der Waals surface area (Å²) in [7, 11) is 0. The van der Waals surface area contributed by atoms with Crippen molar-refractivity contribution in [2.24, 2.45) is 17.6 Å². The molecule has 1 aromatic carbocycles. The predicted octanol–water partition coefficient (Wildman–Crippen LogP) is 1.31. The van der Waals surface area contributed by atoms with Crippen LogP contribution in [-0.2, 0) is 6.54 Å². The lowest BCUT2D eigenvalue weighted by atomic mass is 10.00. The average Bonchev–Trinajstić information content (AvgIpc) is 2.94. The van der Waals surface area contributed by atoms with Crippen molar-refractivity contribution in [3.8, 4) is 0 Å². The largest absolute Gasteiger partial charge is 0.393 e. The molecule has 1 aliphatic carbocycles. The molecule has 1 saturated heterocycles. The lowest BCUT2D eigenvalue weighted by Crippen LogP contribution is -2.26. The normalized spacial score (nSPS) is 29.6. The topological polar surface area (TPSA) is 73.3 Å². The number of nitrogens with zero attached hydrogens (tertiary/aromatic N) is 1. The molecule has 0 aromatic heterocycles. The van der Waals surface area contributed by atoms with Gasteiger partial charge in [-0.1, -0.05) is 6.07 Å². The molecule has 20 heavy (non-hydrogen) atoms. The number of hydrogen-bond acceptors (Lipinski definition) is 3. The molecule has 4 N–H and O–H groups in total. The van der Waals surface area contributed by atoms with Gasteiger partial charge in [-0.3, -0.25) is 10.3 Å². The molecule has 4 nitrogen and oxygen atoms in total. The minimum atomic E-state index is -0.368. The molecule has 1 heterocycles. The van der Waals surface area contributed by atoms with Gasteiger partial charge in [0.2, 0.25) is 0 Å². The summed E-state index contributed by atoms with van der Waals surface area (Å²) >= 11 is 0. The van der Waals surface area contributed by atoms with Crippen LogP contribution in [0.4, 0.5) is 4.39 Å². The zero-order valence-corrected chi connectivity index (χ0v) is 11.3. The minimum absolute atomic E-state index is 0.0982. The van der Waals surface area contributed by atoms with Gasteiger partial charge in [-0.2, -0.15) is 0 Å². The molecule has 0 spiro atoms. The van der Waals surface area contributed by atoms with Gasteiger partial charge in [0.1, 0.15) is 11.7 Å². The first-order chi connectivity index (χ1) is 9.54. The molecule has 0 amide bonds. The summed E-state index contributed by atoms with van der Waals surface area (Å²) in [6.07, 6.45) is 1.83. The highest BCUT2D eigenvalue weighted by Crippen LogP contribution is 2.38. The van der Waals surface area contributed by atoms with E-state index in [-0.39, 0.29) is 17.8 Å². The molecule has 0 radical (unpaired) electrons. The van der Waals surface area contributed by atoms with E-state index < -0.39 is 0 Å². The summed E-state index contributed by atoms with van der Waals surface area (Å²) in [6, 6.07) is 4.44. The van der Waals surface area contributed by atoms with Gasteiger partial charge in [0, 0.05) is 31.1 Å². The molecular weight excluding hydrogens is 257 g/mol. The number of amidine groups is 1. The van der Waals surface area contributed by atoms with Crippen molar-refractivity contribution >= 4 is 5.84 Å². The Labute approximate surface area is 117 Å². The number of nitrogens with two attached hydrogens (primary N) is 1. The van der Waals surface area contributed by atoms with Gasteiger partial charge in [0.25, 0.3) is 0 Å². The van der Waals surface area contributed by atoms with Crippen LogP contribution in [0.25, 0.3) is 0 Å². The van der Waals surface area contributed by atoms with E-state index in [0.29, 0.717) is 23.9 Å². The number of aliphatic hydroxyl groups excluding tert-OH is 1. The van der Waals surface area contributed by atoms with Gasteiger partial charge in [-0.15, -0.1) is 0 Å². The first kappa shape index (κ1) is 13.5. The Hall–Kier alpha value is -1.46. The van der Waals surface area contributed by atoms with E-state index in [1.165, 1.54) is 12.1 Å². The van der Waals surface area contributed by atoms with E-state index >= 15 is 0 Å². The van der Waals surface area contributed by atoms with Crippen LogP contribution < -0.4 is 5.73 Å². The van der Waals surface area contributed by atoms with Crippen LogP contribution in [0.1, 0.15) is 24.0 Å². The standard InChI is InChI=1S/C15H20FN3O/c16-11-3-1-9(12(5-11)15(17)18)6-19-7-10-2-4-14(20)13(10)8-19/h1,3,5,10,13-14,20H,2,4,6-8H2,(H3,17,18). The van der Waals surface area contributed by atoms with Crippen LogP contribution >= 0.6 is 0 Å². The Bertz CT molecular complexity index is 534. The van der Waals surface area contributed by atoms with Crippen LogP contribution in [0.3, 0.4) is 0 Å². The number of halogens is 1. The first-order valence-electron chi connectivity index (χ1n) is 7.08. The fraction of sp³-hybridized carbons (Fsp3) is 0.533. The van der Waals surface area contributed by atoms with E-state index in [9.17, 15) is 9.50 Å². The summed E-state index contributed by atoms with van der Waals surface area (Å²) in [6.45, 7) is 2.51. The summed E-state index contributed by atoms with van der Waals surface area (Å²) in [5, 5.41) is 17.5. The Balaban J connectivity index is 1.74. The van der Waals surface area contributed by atoms with Gasteiger partial charge < -0.3 is 10.8 Å². The molecule has 0 bridgehead atoms. The number of nitrogen functional groups attached to an aromatic ring is 1. The number of hydrogen-bond donors (Lipinski definition) is 3. The first-order valence-corrected chi connectivity index (χ1v) is 7.08. The number of rotatable bonds is 3. The second kappa shape index (κ2) is 5.14. The highest BCUT2D eigenvalue weighted by atomic mass is 19.1. The molecule has 1 aliphatic heterocycles. The number of aliphatic hydroxyl groups is 1. The third kappa shape index (κ3) is 2.43. The fourth-order valence-electron chi connectivity index (χ4n) is 3.64. The zero-order valence-electron chi connectivity index (χ0n) is 11.3. The molecule has 3 atom stereocenters. The van der Waals surface area contributed by atoms with Crippen LogP contribution in [0, 0.1) is 23.1 Å². The van der Waals surface area contributed by atoms with E-state index in [1.54, 1.807) is 6.07 Å². The van der Waals surface area contributed by atoms with Crippen molar-refractivity contribution in [3.05, 3.63) is 35.1 Å². The number of fused-ring (bicyclic) bond motifs is 1. The third-order valence-corrected chi connectivity index (χ3v) is 4.65. The molecule has 2 aliphatic rings. The molecule has 1 saturated carbocycles. The second-order valence-electron chi connectivity index (χ2n) is 5.98. The maximum Gasteiger partial charge on any atom is 0.123 e. The number of likely N-dealkylation sites (tertiary alicyclic amines) is 1. The fourth-order valence-corrected chi connectivity index (χ4v) is 3.64. The van der Waals surface area contributed by atoms with Crippen molar-refractivity contribution in [2.75, 3.05) is 13.1 Å². The average molecular weight is 277 g/mol. The molecule has 108 valence electrons. The monoisotopic (exact) mass is 277 g/mol. The second-order valence-corrected chi connectivity index (χ2v) is 5.98. The van der Waals surface area contributed by atoms with E-state index in [2.05, 4.69) is 4.90 Å². The third-order valence-electron chi connectivity index (χ3n) is 4.65. The SMILES string of the molecule is N=C(N)c1cc(F)ccc1CN1CC2CCC(O)C2C1. The van der Waals surface area contributed by atoms with Crippen LogP contribution in [-0.4, -0.2) is 35.0 Å². The van der Waals surface area contributed by atoms with E-state index in [1.807, 2.05) is 0 Å². The van der Waals surface area contributed by atoms with Gasteiger partial charge >= 0.3 is 0 Å². The highest BCUT2D eigenvalue weighted by Gasteiger charge is 2.41. The summed E-state index contributed by atoms with van der Waals surface area (Å²) in [5.41, 5.74) is 6.89. The van der Waals surface area contributed by atoms with Crippen LogP contribution in [0.15, 0.2) is 18.2 Å². The zero-order chi connectivity index (χ0) is 14.3. The smallest absolute Gasteiger partial charge is 0.123 e. The maximum absolute atomic E-state index is 13.3. The van der Waals surface area contributed by atoms with Crippen molar-refractivity contribution in [2.45, 2.75) is 25.5 Å². The molecular formula is C15H20FN3O. The Morgan fingerprint density at radius 1 is 1.40 bits per heavy atom. The molecule has 1 aromatic rings. The van der Waals surface area contributed by atoms with Gasteiger partial charge in [0.05, 0.1) is 6.10 Å². The van der Waals surface area contributed by atoms with Gasteiger partial charge in [-0.05, 0) is 36.5 Å². The predicted molar refractivity (Wildman–Crippen MR) is 74.9 cm³/mol. The maximum atomic E-state index is 13.3. The Morgan fingerprint density at radius 3 is 2.90 bits per heavy atom. The van der Waals surface area contributed by atoms with Crippen molar-refractivity contribution < 1.29 is 9.50 Å². The van der Waals surface area contributed by atoms with E-state index in [0.717, 1.165) is 31.5 Å². The number of benzene rings is 1. The quantitative estimate of drug-likeness (QED) is 0.576. The molecule has 3 unspecified atom stereocenters. The van der Waals surface area contributed by atoms with Gasteiger partial charge in [-0.25, -0.2) is 4.39 Å². The minimum Gasteiger partial charge on any atom is -0.393 e. The molecule has 5 heteroatoms. The van der Waals surface area contributed by atoms with Crippen LogP contribution in [0.5, 0.6) is 0 Å². The Kier molecular flexibility index (Phi) is 3.48. The number of nitrogens with one attached hydrogen (secondary N) is 1. The highest BCUT2D eigenvalue weighted by molar-refractivity contribution is 5.96. The van der Waals surface area contributed by atoms with E-state index in [4.69, 9.17) is 11.1 Å². The van der Waals surface area contributed by atoms with Gasteiger partial charge in [0.15, 0.2) is 0 Å². The summed E-state index contributed by atoms with van der Waals surface area (Å²) in [5.74, 6) is 0.481. The van der Waals surface area contributed by atoms with Crippen LogP contribution in [0.2, 0.25) is 0 Å². The summed E-state index contributed by atoms with van der Waals surface area (Å²) < 4.78 is 13.3.